The zero-order valence-corrected chi connectivity index (χ0v) is 12.2. The molecule has 1 aliphatic rings. The minimum atomic E-state index is -0.0422. The fraction of sp³-hybridized carbons (Fsp3) is 0.733. The van der Waals surface area contributed by atoms with Crippen molar-refractivity contribution in [2.24, 2.45) is 11.8 Å². The van der Waals surface area contributed by atoms with Crippen LogP contribution in [0.1, 0.15) is 50.4 Å². The average molecular weight is 267 g/mol. The van der Waals surface area contributed by atoms with E-state index in [0.29, 0.717) is 12.0 Å². The Morgan fingerprint density at radius 1 is 1.33 bits per heavy atom. The van der Waals surface area contributed by atoms with Gasteiger partial charge in [0.15, 0.2) is 0 Å². The highest BCUT2D eigenvalue weighted by atomic mass is 32.1. The van der Waals surface area contributed by atoms with Crippen LogP contribution in [0.5, 0.6) is 0 Å². The Hall–Kier alpha value is -0.380. The van der Waals surface area contributed by atoms with E-state index < -0.39 is 0 Å². The van der Waals surface area contributed by atoms with Gasteiger partial charge in [-0.05, 0) is 55.5 Å². The summed E-state index contributed by atoms with van der Waals surface area (Å²) in [5.41, 5.74) is 0. The molecule has 1 unspecified atom stereocenters. The SMILES string of the molecule is CC(C)C(NCC1CCC(O)CC1)c1cccs1. The number of hydrogen-bond acceptors (Lipinski definition) is 3. The number of rotatable bonds is 5. The van der Waals surface area contributed by atoms with Gasteiger partial charge in [0.1, 0.15) is 0 Å². The summed E-state index contributed by atoms with van der Waals surface area (Å²) in [7, 11) is 0. The summed E-state index contributed by atoms with van der Waals surface area (Å²) in [6.45, 7) is 5.65. The van der Waals surface area contributed by atoms with E-state index in [-0.39, 0.29) is 6.10 Å². The van der Waals surface area contributed by atoms with Gasteiger partial charge in [-0.25, -0.2) is 0 Å². The van der Waals surface area contributed by atoms with Gasteiger partial charge in [0, 0.05) is 10.9 Å². The van der Waals surface area contributed by atoms with Crippen molar-refractivity contribution in [1.82, 2.24) is 5.32 Å². The van der Waals surface area contributed by atoms with Crippen molar-refractivity contribution in [3.05, 3.63) is 22.4 Å². The Balaban J connectivity index is 1.83. The van der Waals surface area contributed by atoms with E-state index >= 15 is 0 Å². The van der Waals surface area contributed by atoms with Crippen molar-refractivity contribution in [3.63, 3.8) is 0 Å². The lowest BCUT2D eigenvalue weighted by Gasteiger charge is -2.29. The van der Waals surface area contributed by atoms with Crippen LogP contribution in [0, 0.1) is 11.8 Å². The van der Waals surface area contributed by atoms with Crippen molar-refractivity contribution in [1.29, 1.82) is 0 Å². The highest BCUT2D eigenvalue weighted by Gasteiger charge is 2.22. The van der Waals surface area contributed by atoms with Gasteiger partial charge in [-0.2, -0.15) is 0 Å². The third-order valence-corrected chi connectivity index (χ3v) is 4.91. The van der Waals surface area contributed by atoms with E-state index in [1.807, 2.05) is 11.3 Å². The van der Waals surface area contributed by atoms with Gasteiger partial charge in [0.2, 0.25) is 0 Å². The van der Waals surface area contributed by atoms with Crippen LogP contribution >= 0.6 is 11.3 Å². The Labute approximate surface area is 114 Å². The fourth-order valence-corrected chi connectivity index (χ4v) is 3.75. The Morgan fingerprint density at radius 3 is 2.61 bits per heavy atom. The summed E-state index contributed by atoms with van der Waals surface area (Å²) in [5, 5.41) is 15.4. The second-order valence-electron chi connectivity index (χ2n) is 5.82. The second-order valence-corrected chi connectivity index (χ2v) is 6.80. The zero-order valence-electron chi connectivity index (χ0n) is 11.4. The van der Waals surface area contributed by atoms with Crippen LogP contribution in [0.2, 0.25) is 0 Å². The number of thiophene rings is 1. The smallest absolute Gasteiger partial charge is 0.0540 e. The second kappa shape index (κ2) is 6.69. The van der Waals surface area contributed by atoms with Crippen LogP contribution in [0.15, 0.2) is 17.5 Å². The Kier molecular flexibility index (Phi) is 5.22. The lowest BCUT2D eigenvalue weighted by molar-refractivity contribution is 0.107. The molecule has 0 aromatic carbocycles. The monoisotopic (exact) mass is 267 g/mol. The van der Waals surface area contributed by atoms with Gasteiger partial charge in [-0.3, -0.25) is 0 Å². The molecule has 2 nitrogen and oxygen atoms in total. The molecule has 1 saturated carbocycles. The zero-order chi connectivity index (χ0) is 13.0. The van der Waals surface area contributed by atoms with Crippen LogP contribution in [-0.4, -0.2) is 17.8 Å². The highest BCUT2D eigenvalue weighted by Crippen LogP contribution is 2.28. The topological polar surface area (TPSA) is 32.3 Å². The molecule has 102 valence electrons. The van der Waals surface area contributed by atoms with Crippen molar-refractivity contribution < 1.29 is 5.11 Å². The summed E-state index contributed by atoms with van der Waals surface area (Å²) in [6, 6.07) is 4.85. The maximum atomic E-state index is 9.52. The van der Waals surface area contributed by atoms with E-state index in [1.165, 1.54) is 17.7 Å². The van der Waals surface area contributed by atoms with E-state index in [0.717, 1.165) is 25.3 Å². The van der Waals surface area contributed by atoms with Crippen molar-refractivity contribution in [3.8, 4) is 0 Å². The number of nitrogens with one attached hydrogen (secondary N) is 1. The standard InChI is InChI=1S/C15H25NOS/c1-11(2)15(14-4-3-9-18-14)16-10-12-5-7-13(17)8-6-12/h3-4,9,11-13,15-17H,5-8,10H2,1-2H3. The molecule has 2 rings (SSSR count). The summed E-state index contributed by atoms with van der Waals surface area (Å²) < 4.78 is 0. The summed E-state index contributed by atoms with van der Waals surface area (Å²) in [5.74, 6) is 1.37. The predicted octanol–water partition coefficient (Wildman–Crippen LogP) is 3.59. The molecular weight excluding hydrogens is 242 g/mol. The number of hydrogen-bond donors (Lipinski definition) is 2. The first kappa shape index (κ1) is 14.0. The summed E-state index contributed by atoms with van der Waals surface area (Å²) in [6.07, 6.45) is 4.27. The molecule has 0 amide bonds. The predicted molar refractivity (Wildman–Crippen MR) is 77.9 cm³/mol. The van der Waals surface area contributed by atoms with Crippen molar-refractivity contribution in [2.75, 3.05) is 6.54 Å². The molecule has 2 N–H and O–H groups in total. The molecule has 18 heavy (non-hydrogen) atoms. The minimum Gasteiger partial charge on any atom is -0.393 e. The molecule has 0 saturated heterocycles. The number of aliphatic hydroxyl groups is 1. The average Bonchev–Trinajstić information content (AvgIpc) is 2.85. The molecule has 0 aliphatic heterocycles. The van der Waals surface area contributed by atoms with Gasteiger partial charge in [-0.15, -0.1) is 11.3 Å². The molecule has 0 radical (unpaired) electrons. The van der Waals surface area contributed by atoms with Crippen LogP contribution in [0.4, 0.5) is 0 Å². The van der Waals surface area contributed by atoms with Crippen LogP contribution in [0.3, 0.4) is 0 Å². The van der Waals surface area contributed by atoms with E-state index in [9.17, 15) is 5.11 Å². The fourth-order valence-electron chi connectivity index (χ4n) is 2.78. The van der Waals surface area contributed by atoms with Gasteiger partial charge in [0.05, 0.1) is 6.10 Å². The van der Waals surface area contributed by atoms with E-state index in [1.54, 1.807) is 0 Å². The van der Waals surface area contributed by atoms with Crippen LogP contribution < -0.4 is 5.32 Å². The van der Waals surface area contributed by atoms with E-state index in [2.05, 4.69) is 36.7 Å². The first-order valence-electron chi connectivity index (χ1n) is 7.11. The number of aliphatic hydroxyl groups excluding tert-OH is 1. The van der Waals surface area contributed by atoms with Gasteiger partial charge < -0.3 is 10.4 Å². The summed E-state index contributed by atoms with van der Waals surface area (Å²) >= 11 is 1.84. The Morgan fingerprint density at radius 2 is 2.06 bits per heavy atom. The summed E-state index contributed by atoms with van der Waals surface area (Å²) in [4.78, 5) is 1.45. The molecule has 1 aliphatic carbocycles. The molecule has 1 fully saturated rings. The molecular formula is C15H25NOS. The molecule has 1 heterocycles. The highest BCUT2D eigenvalue weighted by molar-refractivity contribution is 7.10. The maximum Gasteiger partial charge on any atom is 0.0540 e. The van der Waals surface area contributed by atoms with Crippen molar-refractivity contribution in [2.45, 2.75) is 51.7 Å². The minimum absolute atomic E-state index is 0.0422. The Bertz CT molecular complexity index is 328. The molecule has 0 spiro atoms. The normalized spacial score (nSPS) is 26.4. The maximum absolute atomic E-state index is 9.52. The lowest BCUT2D eigenvalue weighted by Crippen LogP contribution is -2.32. The molecule has 1 aromatic rings. The van der Waals surface area contributed by atoms with E-state index in [4.69, 9.17) is 0 Å². The third-order valence-electron chi connectivity index (χ3n) is 3.96. The molecule has 3 heteroatoms. The first-order valence-corrected chi connectivity index (χ1v) is 7.99. The van der Waals surface area contributed by atoms with Gasteiger partial charge >= 0.3 is 0 Å². The molecule has 1 atom stereocenters. The van der Waals surface area contributed by atoms with Crippen molar-refractivity contribution >= 4 is 11.3 Å². The largest absolute Gasteiger partial charge is 0.393 e. The lowest BCUT2D eigenvalue weighted by atomic mass is 9.87. The first-order chi connectivity index (χ1) is 8.66. The van der Waals surface area contributed by atoms with Crippen LogP contribution in [-0.2, 0) is 0 Å². The molecule has 1 aromatic heterocycles. The third kappa shape index (κ3) is 3.81. The van der Waals surface area contributed by atoms with Crippen LogP contribution in [0.25, 0.3) is 0 Å². The van der Waals surface area contributed by atoms with Gasteiger partial charge in [0.25, 0.3) is 0 Å². The molecule has 0 bridgehead atoms. The van der Waals surface area contributed by atoms with Gasteiger partial charge in [-0.1, -0.05) is 19.9 Å². The quantitative estimate of drug-likeness (QED) is 0.854.